The van der Waals surface area contributed by atoms with Gasteiger partial charge in [0.2, 0.25) is 5.91 Å². The van der Waals surface area contributed by atoms with Gasteiger partial charge >= 0.3 is 0 Å². The summed E-state index contributed by atoms with van der Waals surface area (Å²) in [5, 5.41) is 9.00. The van der Waals surface area contributed by atoms with Crippen molar-refractivity contribution in [2.45, 2.75) is 12.5 Å². The summed E-state index contributed by atoms with van der Waals surface area (Å²) >= 11 is 0. The molecule has 0 radical (unpaired) electrons. The lowest BCUT2D eigenvalue weighted by Crippen LogP contribution is -2.51. The third-order valence-electron chi connectivity index (χ3n) is 5.45. The fourth-order valence-electron chi connectivity index (χ4n) is 4.20. The average Bonchev–Trinajstić information content (AvgIpc) is 2.82. The molecule has 5 rings (SSSR count). The number of hydrogen-bond acceptors (Lipinski definition) is 3. The molecule has 4 nitrogen and oxygen atoms in total. The number of rotatable bonds is 1. The molecule has 2 N–H and O–H groups in total. The Morgan fingerprint density at radius 3 is 2.85 bits per heavy atom. The van der Waals surface area contributed by atoms with Gasteiger partial charge in [-0.05, 0) is 34.0 Å². The van der Waals surface area contributed by atoms with E-state index in [1.807, 2.05) is 0 Å². The Morgan fingerprint density at radius 2 is 1.88 bits per heavy atom. The first-order chi connectivity index (χ1) is 12.8. The van der Waals surface area contributed by atoms with Gasteiger partial charge in [0.15, 0.2) is 0 Å². The van der Waals surface area contributed by atoms with Crippen molar-refractivity contribution in [3.8, 4) is 11.1 Å². The molecule has 0 saturated carbocycles. The zero-order valence-electron chi connectivity index (χ0n) is 14.5. The van der Waals surface area contributed by atoms with Gasteiger partial charge in [0, 0.05) is 26.1 Å². The minimum Gasteiger partial charge on any atom is -0.364 e. The van der Waals surface area contributed by atoms with E-state index in [9.17, 15) is 4.79 Å². The van der Waals surface area contributed by atoms with Crippen molar-refractivity contribution in [2.24, 2.45) is 0 Å². The number of carbonyl (C=O) groups excluding carboxylic acids is 1. The van der Waals surface area contributed by atoms with Gasteiger partial charge in [-0.1, -0.05) is 48.5 Å². The predicted molar refractivity (Wildman–Crippen MR) is 107 cm³/mol. The molecule has 26 heavy (non-hydrogen) atoms. The maximum atomic E-state index is 12.3. The topological polar surface area (TPSA) is 44.4 Å². The van der Waals surface area contributed by atoms with Gasteiger partial charge in [-0.3, -0.25) is 4.79 Å². The summed E-state index contributed by atoms with van der Waals surface area (Å²) in [7, 11) is 0. The van der Waals surface area contributed by atoms with Crippen LogP contribution in [0.25, 0.3) is 21.9 Å². The molecule has 1 atom stereocenters. The zero-order valence-corrected chi connectivity index (χ0v) is 14.5. The summed E-state index contributed by atoms with van der Waals surface area (Å²) in [6, 6.07) is 21.5. The van der Waals surface area contributed by atoms with E-state index in [4.69, 9.17) is 0 Å². The summed E-state index contributed by atoms with van der Waals surface area (Å²) in [6.07, 6.45) is 0.533. The first-order valence-corrected chi connectivity index (χ1v) is 9.19. The SMILES string of the molecule is O=C1CC2CNCCN2c2cc(-c3cccc4ccccc34)ccc2N1. The molecule has 3 aromatic carbocycles. The molecule has 2 heterocycles. The van der Waals surface area contributed by atoms with Crippen LogP contribution in [-0.2, 0) is 4.79 Å². The van der Waals surface area contributed by atoms with Crippen LogP contribution in [0.3, 0.4) is 0 Å². The van der Waals surface area contributed by atoms with Crippen molar-refractivity contribution < 1.29 is 4.79 Å². The highest BCUT2D eigenvalue weighted by atomic mass is 16.1. The number of amides is 1. The van der Waals surface area contributed by atoms with E-state index in [0.29, 0.717) is 6.42 Å². The molecule has 0 bridgehead atoms. The van der Waals surface area contributed by atoms with Gasteiger partial charge in [0.1, 0.15) is 0 Å². The second kappa shape index (κ2) is 6.15. The third-order valence-corrected chi connectivity index (χ3v) is 5.45. The number of benzene rings is 3. The lowest BCUT2D eigenvalue weighted by Gasteiger charge is -2.36. The van der Waals surface area contributed by atoms with E-state index < -0.39 is 0 Å². The Labute approximate surface area is 152 Å². The zero-order chi connectivity index (χ0) is 17.5. The molecular formula is C22H21N3O. The molecule has 0 aromatic heterocycles. The van der Waals surface area contributed by atoms with Crippen LogP contribution in [0.1, 0.15) is 6.42 Å². The fourth-order valence-corrected chi connectivity index (χ4v) is 4.20. The van der Waals surface area contributed by atoms with Crippen LogP contribution < -0.4 is 15.5 Å². The summed E-state index contributed by atoms with van der Waals surface area (Å²) in [6.45, 7) is 2.72. The first-order valence-electron chi connectivity index (χ1n) is 9.19. The Kier molecular flexibility index (Phi) is 3.64. The Bertz CT molecular complexity index is 992. The number of hydrogen-bond donors (Lipinski definition) is 2. The fraction of sp³-hybridized carbons (Fsp3) is 0.227. The van der Waals surface area contributed by atoms with Crippen molar-refractivity contribution in [1.82, 2.24) is 5.32 Å². The lowest BCUT2D eigenvalue weighted by atomic mass is 9.97. The molecule has 1 fully saturated rings. The van der Waals surface area contributed by atoms with Crippen LogP contribution in [0.5, 0.6) is 0 Å². The highest BCUT2D eigenvalue weighted by Gasteiger charge is 2.30. The van der Waals surface area contributed by atoms with E-state index in [0.717, 1.165) is 31.0 Å². The summed E-state index contributed by atoms with van der Waals surface area (Å²) in [4.78, 5) is 14.7. The molecular weight excluding hydrogens is 322 g/mol. The van der Waals surface area contributed by atoms with Crippen LogP contribution >= 0.6 is 0 Å². The third kappa shape index (κ3) is 2.54. The number of fused-ring (bicyclic) bond motifs is 4. The molecule has 2 aliphatic rings. The van der Waals surface area contributed by atoms with Crippen molar-refractivity contribution in [1.29, 1.82) is 0 Å². The van der Waals surface area contributed by atoms with Crippen molar-refractivity contribution in [3.63, 3.8) is 0 Å². The number of carbonyl (C=O) groups is 1. The Hall–Kier alpha value is -2.85. The molecule has 1 amide bonds. The van der Waals surface area contributed by atoms with Gasteiger partial charge in [-0.15, -0.1) is 0 Å². The Balaban J connectivity index is 1.67. The maximum Gasteiger partial charge on any atom is 0.226 e. The number of nitrogens with one attached hydrogen (secondary N) is 2. The Morgan fingerprint density at radius 1 is 1.00 bits per heavy atom. The van der Waals surface area contributed by atoms with Crippen LogP contribution in [0, 0.1) is 0 Å². The smallest absolute Gasteiger partial charge is 0.226 e. The molecule has 2 aliphatic heterocycles. The second-order valence-corrected chi connectivity index (χ2v) is 7.06. The molecule has 1 unspecified atom stereocenters. The maximum absolute atomic E-state index is 12.3. The normalized spacial score (nSPS) is 19.5. The molecule has 4 heteroatoms. The highest BCUT2D eigenvalue weighted by Crippen LogP contribution is 2.37. The summed E-state index contributed by atoms with van der Waals surface area (Å²) in [5.41, 5.74) is 4.47. The van der Waals surface area contributed by atoms with Crippen molar-refractivity contribution in [2.75, 3.05) is 29.9 Å². The number of piperazine rings is 1. The predicted octanol–water partition coefficient (Wildman–Crippen LogP) is 3.63. The number of anilines is 2. The molecule has 3 aromatic rings. The summed E-state index contributed by atoms with van der Waals surface area (Å²) in [5.74, 6) is 0.0976. The highest BCUT2D eigenvalue weighted by molar-refractivity contribution is 6.00. The van der Waals surface area contributed by atoms with Gasteiger partial charge in [0.25, 0.3) is 0 Å². The van der Waals surface area contributed by atoms with Gasteiger partial charge < -0.3 is 15.5 Å². The van der Waals surface area contributed by atoms with E-state index in [1.54, 1.807) is 0 Å². The molecule has 0 aliphatic carbocycles. The van der Waals surface area contributed by atoms with Crippen LogP contribution in [-0.4, -0.2) is 31.6 Å². The molecule has 0 spiro atoms. The standard InChI is InChI=1S/C22H21N3O/c26-22-13-17-14-23-10-11-25(17)21-12-16(8-9-20(21)24-22)19-7-3-5-15-4-1-2-6-18(15)19/h1-9,12,17,23H,10-11,13-14H2,(H,24,26). The minimum atomic E-state index is 0.0976. The van der Waals surface area contributed by atoms with Crippen molar-refractivity contribution >= 4 is 28.1 Å². The first kappa shape index (κ1) is 15.4. The minimum absolute atomic E-state index is 0.0976. The van der Waals surface area contributed by atoms with Gasteiger partial charge in [-0.2, -0.15) is 0 Å². The molecule has 130 valence electrons. The molecule has 1 saturated heterocycles. The number of nitrogens with zero attached hydrogens (tertiary/aromatic N) is 1. The van der Waals surface area contributed by atoms with Crippen molar-refractivity contribution in [3.05, 3.63) is 60.7 Å². The van der Waals surface area contributed by atoms with Gasteiger partial charge in [-0.25, -0.2) is 0 Å². The van der Waals surface area contributed by atoms with E-state index >= 15 is 0 Å². The monoisotopic (exact) mass is 343 g/mol. The van der Waals surface area contributed by atoms with Gasteiger partial charge in [0.05, 0.1) is 17.4 Å². The quantitative estimate of drug-likeness (QED) is 0.709. The van der Waals surface area contributed by atoms with Crippen LogP contribution in [0.2, 0.25) is 0 Å². The van der Waals surface area contributed by atoms with Crippen LogP contribution in [0.4, 0.5) is 11.4 Å². The lowest BCUT2D eigenvalue weighted by molar-refractivity contribution is -0.116. The average molecular weight is 343 g/mol. The second-order valence-electron chi connectivity index (χ2n) is 7.06. The van der Waals surface area contributed by atoms with E-state index in [-0.39, 0.29) is 11.9 Å². The van der Waals surface area contributed by atoms with E-state index in [1.165, 1.54) is 21.9 Å². The van der Waals surface area contributed by atoms with E-state index in [2.05, 4.69) is 76.2 Å². The largest absolute Gasteiger partial charge is 0.364 e. The van der Waals surface area contributed by atoms with Crippen LogP contribution in [0.15, 0.2) is 60.7 Å². The summed E-state index contributed by atoms with van der Waals surface area (Å²) < 4.78 is 0.